The lowest BCUT2D eigenvalue weighted by atomic mass is 10.1. The third kappa shape index (κ3) is 2.64. The molecule has 0 bridgehead atoms. The van der Waals surface area contributed by atoms with E-state index in [4.69, 9.17) is 5.11 Å². The summed E-state index contributed by atoms with van der Waals surface area (Å²) in [5, 5.41) is 18.5. The summed E-state index contributed by atoms with van der Waals surface area (Å²) in [4.78, 5) is 14.0. The molecule has 2 rings (SSSR count). The molecule has 1 aromatic rings. The maximum atomic E-state index is 12.2. The fraction of sp³-hybridized carbons (Fsp3) is 0.500. The molecule has 1 fully saturated rings. The summed E-state index contributed by atoms with van der Waals surface area (Å²) in [6, 6.07) is 5.03. The second kappa shape index (κ2) is 5.40. The van der Waals surface area contributed by atoms with Crippen LogP contribution in [0.2, 0.25) is 0 Å². The van der Waals surface area contributed by atoms with Gasteiger partial charge in [0, 0.05) is 25.3 Å². The van der Waals surface area contributed by atoms with Crippen LogP contribution in [0.1, 0.15) is 28.8 Å². The van der Waals surface area contributed by atoms with Crippen LogP contribution in [-0.4, -0.2) is 40.7 Å². The van der Waals surface area contributed by atoms with Gasteiger partial charge in [0.05, 0.1) is 0 Å². The molecular formula is C14H19NO3. The number of hydrogen-bond donors (Lipinski definition) is 2. The minimum atomic E-state index is -0.0364. The Kier molecular flexibility index (Phi) is 3.87. The van der Waals surface area contributed by atoms with Crippen LogP contribution in [0.4, 0.5) is 0 Å². The second-order valence-corrected chi connectivity index (χ2v) is 4.92. The smallest absolute Gasteiger partial charge is 0.253 e. The Bertz CT molecular complexity index is 445. The van der Waals surface area contributed by atoms with E-state index in [9.17, 15) is 9.90 Å². The van der Waals surface area contributed by atoms with Crippen molar-refractivity contribution in [3.63, 3.8) is 0 Å². The molecule has 1 aliphatic rings. The lowest BCUT2D eigenvalue weighted by Gasteiger charge is -2.16. The topological polar surface area (TPSA) is 60.8 Å². The Hall–Kier alpha value is -1.55. The average Bonchev–Trinajstić information content (AvgIpc) is 2.81. The van der Waals surface area contributed by atoms with Gasteiger partial charge in [-0.05, 0) is 43.4 Å². The number of phenols is 1. The predicted octanol–water partition coefficient (Wildman–Crippen LogP) is 1.55. The van der Waals surface area contributed by atoms with Crippen molar-refractivity contribution in [2.45, 2.75) is 19.8 Å². The number of nitrogens with zero attached hydrogens (tertiary/aromatic N) is 1. The van der Waals surface area contributed by atoms with Crippen LogP contribution in [0.15, 0.2) is 18.2 Å². The number of hydrogen-bond acceptors (Lipinski definition) is 3. The number of carbonyl (C=O) groups excluding carboxylic acids is 1. The van der Waals surface area contributed by atoms with E-state index in [2.05, 4.69) is 0 Å². The highest BCUT2D eigenvalue weighted by molar-refractivity contribution is 5.94. The van der Waals surface area contributed by atoms with Crippen LogP contribution < -0.4 is 0 Å². The largest absolute Gasteiger partial charge is 0.508 e. The highest BCUT2D eigenvalue weighted by Gasteiger charge is 2.26. The van der Waals surface area contributed by atoms with E-state index in [0.29, 0.717) is 18.0 Å². The highest BCUT2D eigenvalue weighted by Crippen LogP contribution is 2.23. The number of aryl methyl sites for hydroxylation is 1. The number of rotatable bonds is 3. The molecule has 1 amide bonds. The Morgan fingerprint density at radius 1 is 1.50 bits per heavy atom. The van der Waals surface area contributed by atoms with Crippen molar-refractivity contribution in [1.29, 1.82) is 0 Å². The number of aliphatic hydroxyl groups excluding tert-OH is 1. The summed E-state index contributed by atoms with van der Waals surface area (Å²) >= 11 is 0. The Balaban J connectivity index is 2.05. The molecule has 1 aromatic carbocycles. The molecule has 1 saturated heterocycles. The Labute approximate surface area is 107 Å². The molecule has 0 spiro atoms. The van der Waals surface area contributed by atoms with E-state index in [1.165, 1.54) is 6.07 Å². The van der Waals surface area contributed by atoms with Gasteiger partial charge in [-0.15, -0.1) is 0 Å². The average molecular weight is 249 g/mol. The zero-order chi connectivity index (χ0) is 13.1. The molecule has 4 nitrogen and oxygen atoms in total. The first-order valence-electron chi connectivity index (χ1n) is 6.31. The van der Waals surface area contributed by atoms with Crippen LogP contribution in [0.25, 0.3) is 0 Å². The second-order valence-electron chi connectivity index (χ2n) is 4.92. The van der Waals surface area contributed by atoms with Gasteiger partial charge in [-0.1, -0.05) is 6.07 Å². The molecule has 1 heterocycles. The maximum Gasteiger partial charge on any atom is 0.253 e. The van der Waals surface area contributed by atoms with Crippen LogP contribution in [-0.2, 0) is 0 Å². The van der Waals surface area contributed by atoms with Crippen molar-refractivity contribution in [3.05, 3.63) is 29.3 Å². The molecular weight excluding hydrogens is 230 g/mol. The van der Waals surface area contributed by atoms with Crippen molar-refractivity contribution in [2.75, 3.05) is 19.7 Å². The number of aliphatic hydroxyl groups is 1. The van der Waals surface area contributed by atoms with E-state index in [1.54, 1.807) is 24.0 Å². The first-order chi connectivity index (χ1) is 8.61. The Morgan fingerprint density at radius 2 is 2.28 bits per heavy atom. The van der Waals surface area contributed by atoms with Crippen molar-refractivity contribution < 1.29 is 15.0 Å². The summed E-state index contributed by atoms with van der Waals surface area (Å²) in [5.41, 5.74) is 1.30. The summed E-state index contributed by atoms with van der Waals surface area (Å²) in [5.74, 6) is 0.524. The number of likely N-dealkylation sites (tertiary alicyclic amines) is 1. The quantitative estimate of drug-likeness (QED) is 0.854. The van der Waals surface area contributed by atoms with Crippen LogP contribution >= 0.6 is 0 Å². The van der Waals surface area contributed by atoms with Gasteiger partial charge < -0.3 is 15.1 Å². The SMILES string of the molecule is Cc1ccc(C(=O)N2CCC(CCO)C2)cc1O. The zero-order valence-corrected chi connectivity index (χ0v) is 10.6. The highest BCUT2D eigenvalue weighted by atomic mass is 16.3. The predicted molar refractivity (Wildman–Crippen MR) is 68.6 cm³/mol. The molecule has 4 heteroatoms. The first-order valence-corrected chi connectivity index (χ1v) is 6.31. The third-order valence-corrected chi connectivity index (χ3v) is 3.57. The van der Waals surface area contributed by atoms with Gasteiger partial charge in [0.15, 0.2) is 0 Å². The summed E-state index contributed by atoms with van der Waals surface area (Å²) in [6.45, 7) is 3.42. The number of benzene rings is 1. The maximum absolute atomic E-state index is 12.2. The number of phenolic OH excluding ortho intramolecular Hbond substituents is 1. The van der Waals surface area contributed by atoms with Crippen LogP contribution in [0, 0.1) is 12.8 Å². The number of carbonyl (C=O) groups is 1. The minimum Gasteiger partial charge on any atom is -0.508 e. The van der Waals surface area contributed by atoms with Gasteiger partial charge in [-0.3, -0.25) is 4.79 Å². The monoisotopic (exact) mass is 249 g/mol. The van der Waals surface area contributed by atoms with Crippen molar-refractivity contribution in [2.24, 2.45) is 5.92 Å². The van der Waals surface area contributed by atoms with Gasteiger partial charge in [0.2, 0.25) is 0 Å². The fourth-order valence-electron chi connectivity index (χ4n) is 2.36. The normalized spacial score (nSPS) is 19.2. The first kappa shape index (κ1) is 12.9. The van der Waals surface area contributed by atoms with Crippen LogP contribution in [0.3, 0.4) is 0 Å². The molecule has 18 heavy (non-hydrogen) atoms. The molecule has 1 atom stereocenters. The van der Waals surface area contributed by atoms with E-state index in [1.807, 2.05) is 0 Å². The third-order valence-electron chi connectivity index (χ3n) is 3.57. The molecule has 0 saturated carbocycles. The van der Waals surface area contributed by atoms with Gasteiger partial charge in [-0.25, -0.2) is 0 Å². The van der Waals surface area contributed by atoms with Crippen molar-refractivity contribution in [1.82, 2.24) is 4.90 Å². The Morgan fingerprint density at radius 3 is 2.94 bits per heavy atom. The van der Waals surface area contributed by atoms with Crippen molar-refractivity contribution in [3.8, 4) is 5.75 Å². The number of amides is 1. The van der Waals surface area contributed by atoms with Gasteiger partial charge in [-0.2, -0.15) is 0 Å². The molecule has 0 aliphatic carbocycles. The number of aromatic hydroxyl groups is 1. The minimum absolute atomic E-state index is 0.0364. The summed E-state index contributed by atoms with van der Waals surface area (Å²) < 4.78 is 0. The lowest BCUT2D eigenvalue weighted by Crippen LogP contribution is -2.28. The summed E-state index contributed by atoms with van der Waals surface area (Å²) in [7, 11) is 0. The molecule has 1 unspecified atom stereocenters. The molecule has 1 aliphatic heterocycles. The fourth-order valence-corrected chi connectivity index (χ4v) is 2.36. The van der Waals surface area contributed by atoms with Crippen LogP contribution in [0.5, 0.6) is 5.75 Å². The summed E-state index contributed by atoms with van der Waals surface area (Å²) in [6.07, 6.45) is 1.70. The van der Waals surface area contributed by atoms with E-state index in [0.717, 1.165) is 24.9 Å². The van der Waals surface area contributed by atoms with Gasteiger partial charge in [0.1, 0.15) is 5.75 Å². The molecule has 2 N–H and O–H groups in total. The molecule has 0 aromatic heterocycles. The van der Waals surface area contributed by atoms with E-state index >= 15 is 0 Å². The van der Waals surface area contributed by atoms with E-state index in [-0.39, 0.29) is 18.3 Å². The van der Waals surface area contributed by atoms with E-state index < -0.39 is 0 Å². The van der Waals surface area contributed by atoms with Crippen molar-refractivity contribution >= 4 is 5.91 Å². The van der Waals surface area contributed by atoms with Gasteiger partial charge in [0.25, 0.3) is 5.91 Å². The molecule has 0 radical (unpaired) electrons. The molecule has 98 valence electrons. The lowest BCUT2D eigenvalue weighted by molar-refractivity contribution is 0.0784. The standard InChI is InChI=1S/C14H19NO3/c1-10-2-3-12(8-13(10)17)14(18)15-6-4-11(9-15)5-7-16/h2-3,8,11,16-17H,4-7,9H2,1H3. The van der Waals surface area contributed by atoms with Gasteiger partial charge >= 0.3 is 0 Å². The zero-order valence-electron chi connectivity index (χ0n) is 10.6.